The lowest BCUT2D eigenvalue weighted by Gasteiger charge is -2.19. The van der Waals surface area contributed by atoms with E-state index in [1.165, 1.54) is 19.2 Å². The molecule has 0 radical (unpaired) electrons. The molecule has 0 bridgehead atoms. The Bertz CT molecular complexity index is 572. The molecule has 0 aliphatic rings. The summed E-state index contributed by atoms with van der Waals surface area (Å²) in [5.74, 6) is -0.122. The summed E-state index contributed by atoms with van der Waals surface area (Å²) in [6.45, 7) is 5.72. The third-order valence-corrected chi connectivity index (χ3v) is 2.73. The highest BCUT2D eigenvalue weighted by Crippen LogP contribution is 2.34. The Morgan fingerprint density at radius 3 is 2.43 bits per heavy atom. The van der Waals surface area contributed by atoms with Gasteiger partial charge in [0.15, 0.2) is 11.5 Å². The molecule has 0 spiro atoms. The van der Waals surface area contributed by atoms with Crippen molar-refractivity contribution in [2.45, 2.75) is 26.3 Å². The number of carbonyl (C=O) groups is 1. The number of amides is 1. The molecule has 0 saturated carbocycles. The van der Waals surface area contributed by atoms with Crippen LogP contribution in [0, 0.1) is 10.1 Å². The summed E-state index contributed by atoms with van der Waals surface area (Å²) in [5.41, 5.74) is 4.71. The van der Waals surface area contributed by atoms with Gasteiger partial charge < -0.3 is 20.5 Å². The lowest BCUT2D eigenvalue weighted by Crippen LogP contribution is -2.45. The van der Waals surface area contributed by atoms with Crippen molar-refractivity contribution in [1.29, 1.82) is 0 Å². The van der Waals surface area contributed by atoms with E-state index in [0.29, 0.717) is 6.61 Å². The minimum absolute atomic E-state index is 0. The molecule has 130 valence electrons. The van der Waals surface area contributed by atoms with Crippen molar-refractivity contribution in [1.82, 2.24) is 5.32 Å². The van der Waals surface area contributed by atoms with Crippen LogP contribution in [0.5, 0.6) is 11.5 Å². The number of rotatable bonds is 7. The molecule has 1 rings (SSSR count). The van der Waals surface area contributed by atoms with Crippen molar-refractivity contribution < 1.29 is 19.2 Å². The third kappa shape index (κ3) is 5.91. The normalized spacial score (nSPS) is 10.5. The van der Waals surface area contributed by atoms with Crippen LogP contribution in [-0.4, -0.2) is 36.6 Å². The van der Waals surface area contributed by atoms with E-state index in [0.717, 1.165) is 0 Å². The third-order valence-electron chi connectivity index (χ3n) is 2.73. The van der Waals surface area contributed by atoms with Crippen LogP contribution in [0.4, 0.5) is 5.69 Å². The van der Waals surface area contributed by atoms with Crippen LogP contribution in [0.25, 0.3) is 0 Å². The van der Waals surface area contributed by atoms with Gasteiger partial charge in [-0.3, -0.25) is 14.9 Å². The minimum atomic E-state index is -0.634. The van der Waals surface area contributed by atoms with Gasteiger partial charge in [-0.1, -0.05) is 0 Å². The number of nitrogens with two attached hydrogens (primary N) is 1. The number of ether oxygens (including phenoxy) is 2. The van der Waals surface area contributed by atoms with Crippen LogP contribution in [0.2, 0.25) is 0 Å². The van der Waals surface area contributed by atoms with E-state index in [1.54, 1.807) is 20.8 Å². The zero-order chi connectivity index (χ0) is 16.9. The zero-order valence-electron chi connectivity index (χ0n) is 13.5. The maximum atomic E-state index is 12.2. The summed E-state index contributed by atoms with van der Waals surface area (Å²) in [6, 6.07) is 2.48. The van der Waals surface area contributed by atoms with Gasteiger partial charge in [-0.05, 0) is 20.8 Å². The van der Waals surface area contributed by atoms with Crippen LogP contribution in [0.15, 0.2) is 12.1 Å². The molecule has 3 N–H and O–H groups in total. The summed E-state index contributed by atoms with van der Waals surface area (Å²) < 4.78 is 10.4. The SMILES string of the molecule is CCOc1cc([N+](=O)[O-])c(C(=O)NCC(C)(C)N)cc1OC.Cl. The van der Waals surface area contributed by atoms with Gasteiger partial charge in [0.1, 0.15) is 5.56 Å². The molecule has 1 aromatic carbocycles. The summed E-state index contributed by atoms with van der Waals surface area (Å²) >= 11 is 0. The molecule has 0 unspecified atom stereocenters. The fourth-order valence-electron chi connectivity index (χ4n) is 1.71. The maximum Gasteiger partial charge on any atom is 0.286 e. The van der Waals surface area contributed by atoms with Crippen molar-refractivity contribution in [3.8, 4) is 11.5 Å². The Hall–Kier alpha value is -2.06. The van der Waals surface area contributed by atoms with E-state index in [1.807, 2.05) is 0 Å². The molecule has 23 heavy (non-hydrogen) atoms. The van der Waals surface area contributed by atoms with Gasteiger partial charge in [0.05, 0.1) is 24.7 Å². The second-order valence-corrected chi connectivity index (χ2v) is 5.38. The van der Waals surface area contributed by atoms with Crippen LogP contribution < -0.4 is 20.5 Å². The number of nitro groups is 1. The molecule has 0 fully saturated rings. The predicted octanol–water partition coefficient (Wildman–Crippen LogP) is 1.89. The number of nitro benzene ring substituents is 1. The monoisotopic (exact) mass is 347 g/mol. The molecule has 0 aliphatic carbocycles. The first kappa shape index (κ1) is 20.9. The molecule has 0 atom stereocenters. The number of carbonyl (C=O) groups excluding carboxylic acids is 1. The molecule has 0 heterocycles. The number of methoxy groups -OCH3 is 1. The van der Waals surface area contributed by atoms with E-state index in [4.69, 9.17) is 15.2 Å². The van der Waals surface area contributed by atoms with Crippen molar-refractivity contribution in [2.75, 3.05) is 20.3 Å². The topological polar surface area (TPSA) is 117 Å². The van der Waals surface area contributed by atoms with Crippen molar-refractivity contribution in [2.24, 2.45) is 5.73 Å². The number of hydrogen-bond donors (Lipinski definition) is 2. The summed E-state index contributed by atoms with van der Waals surface area (Å²) in [6.07, 6.45) is 0. The van der Waals surface area contributed by atoms with Crippen LogP contribution in [-0.2, 0) is 0 Å². The standard InChI is InChI=1S/C14H21N3O5.ClH/c1-5-22-12-7-10(17(19)20)9(6-11(12)21-4)13(18)16-8-14(2,3)15;/h6-7H,5,8,15H2,1-4H3,(H,16,18);1H. The lowest BCUT2D eigenvalue weighted by atomic mass is 10.1. The second kappa shape index (κ2) is 8.54. The molecular weight excluding hydrogens is 326 g/mol. The fraction of sp³-hybridized carbons (Fsp3) is 0.500. The summed E-state index contributed by atoms with van der Waals surface area (Å²) in [4.78, 5) is 22.7. The average molecular weight is 348 g/mol. The van der Waals surface area contributed by atoms with Crippen LogP contribution >= 0.6 is 12.4 Å². The van der Waals surface area contributed by atoms with Crippen molar-refractivity contribution in [3.05, 3.63) is 27.8 Å². The number of hydrogen-bond acceptors (Lipinski definition) is 6. The number of nitrogens with one attached hydrogen (secondary N) is 1. The first-order valence-corrected chi connectivity index (χ1v) is 6.76. The second-order valence-electron chi connectivity index (χ2n) is 5.38. The molecule has 0 saturated heterocycles. The minimum Gasteiger partial charge on any atom is -0.493 e. The molecular formula is C14H22ClN3O5. The Morgan fingerprint density at radius 1 is 1.39 bits per heavy atom. The van der Waals surface area contributed by atoms with Gasteiger partial charge >= 0.3 is 0 Å². The van der Waals surface area contributed by atoms with Crippen LogP contribution in [0.3, 0.4) is 0 Å². The van der Waals surface area contributed by atoms with Crippen molar-refractivity contribution in [3.63, 3.8) is 0 Å². The van der Waals surface area contributed by atoms with Crippen molar-refractivity contribution >= 4 is 24.0 Å². The zero-order valence-corrected chi connectivity index (χ0v) is 14.4. The van der Waals surface area contributed by atoms with E-state index >= 15 is 0 Å². The summed E-state index contributed by atoms with van der Waals surface area (Å²) in [5, 5.41) is 13.8. The molecule has 1 amide bonds. The number of halogens is 1. The highest BCUT2D eigenvalue weighted by atomic mass is 35.5. The molecule has 1 aromatic rings. The molecule has 8 nitrogen and oxygen atoms in total. The van der Waals surface area contributed by atoms with Gasteiger partial charge in [0.25, 0.3) is 11.6 Å². The maximum absolute atomic E-state index is 12.2. The Kier molecular flexibility index (Phi) is 7.78. The number of nitrogens with zero attached hydrogens (tertiary/aromatic N) is 1. The highest BCUT2D eigenvalue weighted by Gasteiger charge is 2.25. The van der Waals surface area contributed by atoms with Gasteiger partial charge in [-0.25, -0.2) is 0 Å². The first-order chi connectivity index (χ1) is 10.2. The Morgan fingerprint density at radius 2 is 2.00 bits per heavy atom. The first-order valence-electron chi connectivity index (χ1n) is 6.76. The number of benzene rings is 1. The molecule has 0 aromatic heterocycles. The molecule has 9 heteroatoms. The Balaban J connectivity index is 0.00000484. The van der Waals surface area contributed by atoms with Gasteiger partial charge in [-0.15, -0.1) is 12.4 Å². The fourth-order valence-corrected chi connectivity index (χ4v) is 1.71. The largest absolute Gasteiger partial charge is 0.493 e. The lowest BCUT2D eigenvalue weighted by molar-refractivity contribution is -0.385. The van der Waals surface area contributed by atoms with Gasteiger partial charge in [0.2, 0.25) is 0 Å². The quantitative estimate of drug-likeness (QED) is 0.574. The summed E-state index contributed by atoms with van der Waals surface area (Å²) in [7, 11) is 1.40. The van der Waals surface area contributed by atoms with Crippen LogP contribution in [0.1, 0.15) is 31.1 Å². The van der Waals surface area contributed by atoms with Gasteiger partial charge in [-0.2, -0.15) is 0 Å². The van der Waals surface area contributed by atoms with E-state index in [2.05, 4.69) is 5.32 Å². The van der Waals surface area contributed by atoms with E-state index < -0.39 is 16.4 Å². The van der Waals surface area contributed by atoms with E-state index in [9.17, 15) is 14.9 Å². The van der Waals surface area contributed by atoms with E-state index in [-0.39, 0.29) is 41.7 Å². The average Bonchev–Trinajstić information content (AvgIpc) is 2.43. The molecule has 0 aliphatic heterocycles. The van der Waals surface area contributed by atoms with Gasteiger partial charge in [0, 0.05) is 18.2 Å². The predicted molar refractivity (Wildman–Crippen MR) is 88.7 cm³/mol. The Labute approximate surface area is 140 Å². The smallest absolute Gasteiger partial charge is 0.286 e. The highest BCUT2D eigenvalue weighted by molar-refractivity contribution is 5.99.